The van der Waals surface area contributed by atoms with E-state index in [1.807, 2.05) is 22.8 Å². The van der Waals surface area contributed by atoms with Crippen molar-refractivity contribution in [3.8, 4) is 0 Å². The maximum atomic E-state index is 12.2. The molecule has 4 aromatic heterocycles. The number of nitrogens with zero attached hydrogens (tertiary/aromatic N) is 8. The highest BCUT2D eigenvalue weighted by Crippen LogP contribution is 2.39. The number of aromatic nitrogens is 9. The molecule has 33 heavy (non-hydrogen) atoms. The van der Waals surface area contributed by atoms with Crippen molar-refractivity contribution in [3.05, 3.63) is 35.9 Å². The molecule has 4 N–H and O–H groups in total. The molecule has 2 fully saturated rings. The maximum Gasteiger partial charge on any atom is 0.245 e. The summed E-state index contributed by atoms with van der Waals surface area (Å²) in [5.74, 6) is 3.02. The fraction of sp³-hybridized carbons (Fsp3) is 0.450. The van der Waals surface area contributed by atoms with Crippen molar-refractivity contribution in [2.24, 2.45) is 0 Å². The summed E-state index contributed by atoms with van der Waals surface area (Å²) in [6.07, 6.45) is 6.08. The predicted molar refractivity (Wildman–Crippen MR) is 118 cm³/mol. The largest absolute Gasteiger partial charge is 0.353 e. The molecule has 1 saturated heterocycles. The van der Waals surface area contributed by atoms with Gasteiger partial charge in [-0.25, -0.2) is 4.52 Å². The van der Waals surface area contributed by atoms with Crippen molar-refractivity contribution in [2.75, 3.05) is 23.3 Å². The highest BCUT2D eigenvalue weighted by atomic mass is 16.1. The number of hydrogen-bond donors (Lipinski definition) is 4. The first kappa shape index (κ1) is 19.6. The van der Waals surface area contributed by atoms with E-state index < -0.39 is 0 Å². The molecule has 0 radical (unpaired) electrons. The van der Waals surface area contributed by atoms with E-state index in [-0.39, 0.29) is 18.4 Å². The SMILES string of the molecule is O=C(Cc1nn[nH]n1)NC1CCN(c2nc(Nc3cc(C4CC4)[nH]n3)c3cccn3n2)CC1. The normalized spacial score (nSPS) is 16.9. The Morgan fingerprint density at radius 3 is 2.85 bits per heavy atom. The molecule has 0 unspecified atom stereocenters. The number of carbonyl (C=O) groups is 1. The van der Waals surface area contributed by atoms with Gasteiger partial charge < -0.3 is 15.5 Å². The summed E-state index contributed by atoms with van der Waals surface area (Å²) in [5, 5.41) is 32.1. The Hall–Kier alpha value is -4.03. The average molecular weight is 448 g/mol. The number of H-pyrrole nitrogens is 2. The van der Waals surface area contributed by atoms with Gasteiger partial charge in [0.2, 0.25) is 11.9 Å². The quantitative estimate of drug-likeness (QED) is 0.322. The lowest BCUT2D eigenvalue weighted by Crippen LogP contribution is -2.45. The van der Waals surface area contributed by atoms with Crippen LogP contribution in [0.4, 0.5) is 17.6 Å². The molecule has 1 amide bonds. The van der Waals surface area contributed by atoms with E-state index in [1.54, 1.807) is 0 Å². The van der Waals surface area contributed by atoms with Crippen LogP contribution in [0.5, 0.6) is 0 Å². The van der Waals surface area contributed by atoms with Crippen LogP contribution in [0.25, 0.3) is 5.52 Å². The van der Waals surface area contributed by atoms with Crippen LogP contribution in [0.2, 0.25) is 0 Å². The van der Waals surface area contributed by atoms with Gasteiger partial charge in [-0.15, -0.1) is 15.3 Å². The lowest BCUT2D eigenvalue weighted by molar-refractivity contribution is -0.121. The van der Waals surface area contributed by atoms with E-state index in [1.165, 1.54) is 18.5 Å². The first-order valence-electron chi connectivity index (χ1n) is 11.2. The number of tetrazole rings is 1. The van der Waals surface area contributed by atoms with Gasteiger partial charge in [-0.1, -0.05) is 5.21 Å². The Morgan fingerprint density at radius 1 is 1.18 bits per heavy atom. The Morgan fingerprint density at radius 2 is 2.06 bits per heavy atom. The maximum absolute atomic E-state index is 12.2. The van der Waals surface area contributed by atoms with Crippen LogP contribution in [0, 0.1) is 0 Å². The molecule has 4 aromatic rings. The topological polar surface area (TPSA) is 158 Å². The summed E-state index contributed by atoms with van der Waals surface area (Å²) in [7, 11) is 0. The number of piperidine rings is 1. The molecule has 0 aromatic carbocycles. The number of amides is 1. The van der Waals surface area contributed by atoms with Gasteiger partial charge in [0, 0.05) is 43.0 Å². The number of anilines is 3. The van der Waals surface area contributed by atoms with Crippen molar-refractivity contribution in [1.82, 2.24) is 50.7 Å². The van der Waals surface area contributed by atoms with Crippen molar-refractivity contribution < 1.29 is 4.79 Å². The van der Waals surface area contributed by atoms with Crippen LogP contribution in [0.15, 0.2) is 24.4 Å². The van der Waals surface area contributed by atoms with Gasteiger partial charge in [0.1, 0.15) is 5.52 Å². The smallest absolute Gasteiger partial charge is 0.245 e. The molecule has 170 valence electrons. The Kier molecular flexibility index (Phi) is 4.85. The number of fused-ring (bicyclic) bond motifs is 1. The standard InChI is InChI=1S/C20H24N12O/c33-18(11-17-26-29-30-27-17)21-13-5-8-31(9-6-13)20-23-19(15-2-1-7-32(15)28-20)22-16-10-14(24-25-16)12-3-4-12/h1-2,7,10,12-13H,3-6,8-9,11H2,(H,21,33)(H,26,27,29,30)(H2,22,23,24,25,28). The van der Waals surface area contributed by atoms with E-state index >= 15 is 0 Å². The number of aromatic amines is 2. The van der Waals surface area contributed by atoms with Gasteiger partial charge in [-0.3, -0.25) is 9.89 Å². The van der Waals surface area contributed by atoms with E-state index in [4.69, 9.17) is 4.98 Å². The second kappa shape index (κ2) is 8.15. The van der Waals surface area contributed by atoms with Crippen LogP contribution >= 0.6 is 0 Å². The lowest BCUT2D eigenvalue weighted by atomic mass is 10.1. The molecule has 5 heterocycles. The number of hydrogen-bond acceptors (Lipinski definition) is 9. The molecular weight excluding hydrogens is 424 g/mol. The molecule has 1 saturated carbocycles. The van der Waals surface area contributed by atoms with E-state index in [9.17, 15) is 4.79 Å². The summed E-state index contributed by atoms with van der Waals surface area (Å²) in [4.78, 5) is 19.2. The van der Waals surface area contributed by atoms with Gasteiger partial charge in [-0.2, -0.15) is 15.3 Å². The summed E-state index contributed by atoms with van der Waals surface area (Å²) in [6, 6.07) is 6.08. The van der Waals surface area contributed by atoms with Crippen LogP contribution in [0.3, 0.4) is 0 Å². The van der Waals surface area contributed by atoms with Crippen LogP contribution < -0.4 is 15.5 Å². The van der Waals surface area contributed by atoms with Crippen LogP contribution in [0.1, 0.15) is 43.1 Å². The Balaban J connectivity index is 1.13. The fourth-order valence-electron chi connectivity index (χ4n) is 4.18. The molecule has 13 nitrogen and oxygen atoms in total. The van der Waals surface area contributed by atoms with Gasteiger partial charge in [0.15, 0.2) is 17.5 Å². The highest BCUT2D eigenvalue weighted by Gasteiger charge is 2.26. The minimum absolute atomic E-state index is 0.0958. The number of rotatable bonds is 7. The zero-order valence-electron chi connectivity index (χ0n) is 17.9. The Bertz CT molecular complexity index is 1250. The average Bonchev–Trinajstić information content (AvgIpc) is 3.19. The van der Waals surface area contributed by atoms with Crippen LogP contribution in [-0.4, -0.2) is 70.5 Å². The van der Waals surface area contributed by atoms with Gasteiger partial charge in [0.25, 0.3) is 0 Å². The number of nitrogens with one attached hydrogen (secondary N) is 4. The summed E-state index contributed by atoms with van der Waals surface area (Å²) >= 11 is 0. The zero-order chi connectivity index (χ0) is 22.2. The summed E-state index contributed by atoms with van der Waals surface area (Å²) < 4.78 is 1.83. The molecule has 1 aliphatic heterocycles. The van der Waals surface area contributed by atoms with E-state index in [0.29, 0.717) is 17.7 Å². The predicted octanol–water partition coefficient (Wildman–Crippen LogP) is 0.914. The molecule has 0 spiro atoms. The van der Waals surface area contributed by atoms with Crippen molar-refractivity contribution in [3.63, 3.8) is 0 Å². The number of carbonyl (C=O) groups excluding carboxylic acids is 1. The summed E-state index contributed by atoms with van der Waals surface area (Å²) in [6.45, 7) is 1.49. The van der Waals surface area contributed by atoms with Crippen molar-refractivity contribution >= 4 is 29.0 Å². The minimum Gasteiger partial charge on any atom is -0.353 e. The molecule has 6 rings (SSSR count). The second-order valence-corrected chi connectivity index (χ2v) is 8.54. The Labute approximate surface area is 188 Å². The second-order valence-electron chi connectivity index (χ2n) is 8.54. The minimum atomic E-state index is -0.101. The third-order valence-electron chi connectivity index (χ3n) is 6.09. The van der Waals surface area contributed by atoms with Crippen molar-refractivity contribution in [1.29, 1.82) is 0 Å². The first-order valence-corrected chi connectivity index (χ1v) is 11.2. The summed E-state index contributed by atoms with van der Waals surface area (Å²) in [5.41, 5.74) is 2.06. The van der Waals surface area contributed by atoms with E-state index in [2.05, 4.69) is 57.5 Å². The third-order valence-corrected chi connectivity index (χ3v) is 6.09. The lowest BCUT2D eigenvalue weighted by Gasteiger charge is -2.32. The zero-order valence-corrected chi connectivity index (χ0v) is 17.9. The van der Waals surface area contributed by atoms with Gasteiger partial charge in [0.05, 0.1) is 6.42 Å². The molecule has 13 heteroatoms. The molecular formula is C20H24N12O. The third kappa shape index (κ3) is 4.21. The molecule has 0 bridgehead atoms. The van der Waals surface area contributed by atoms with Crippen molar-refractivity contribution in [2.45, 2.75) is 44.1 Å². The highest BCUT2D eigenvalue weighted by molar-refractivity contribution is 5.78. The van der Waals surface area contributed by atoms with Crippen LogP contribution in [-0.2, 0) is 11.2 Å². The monoisotopic (exact) mass is 448 g/mol. The molecule has 1 aliphatic carbocycles. The molecule has 2 aliphatic rings. The van der Waals surface area contributed by atoms with Gasteiger partial charge >= 0.3 is 0 Å². The first-order chi connectivity index (χ1) is 16.2. The fourth-order valence-corrected chi connectivity index (χ4v) is 4.18. The van der Waals surface area contributed by atoms with Gasteiger partial charge in [-0.05, 0) is 37.8 Å². The molecule has 0 atom stereocenters. The van der Waals surface area contributed by atoms with E-state index in [0.717, 1.165) is 43.1 Å².